The molecule has 0 unspecified atom stereocenters. The fourth-order valence-electron chi connectivity index (χ4n) is 4.72. The van der Waals surface area contributed by atoms with Gasteiger partial charge in [-0.15, -0.1) is 0 Å². The Morgan fingerprint density at radius 3 is 2.93 bits per heavy atom. The molecule has 29 heavy (non-hydrogen) atoms. The van der Waals surface area contributed by atoms with Crippen molar-refractivity contribution in [3.8, 4) is 5.75 Å². The molecule has 0 N–H and O–H groups in total. The highest BCUT2D eigenvalue weighted by Gasteiger charge is 2.48. The Morgan fingerprint density at radius 1 is 1.24 bits per heavy atom. The van der Waals surface area contributed by atoms with Crippen LogP contribution in [0.3, 0.4) is 0 Å². The van der Waals surface area contributed by atoms with Gasteiger partial charge in [-0.2, -0.15) is 5.10 Å². The number of hydrogen-bond donors (Lipinski definition) is 0. The molecule has 0 bridgehead atoms. The first kappa shape index (κ1) is 19.9. The van der Waals surface area contributed by atoms with Gasteiger partial charge in [-0.05, 0) is 63.0 Å². The van der Waals surface area contributed by atoms with Gasteiger partial charge in [-0.25, -0.2) is 4.39 Å². The highest BCUT2D eigenvalue weighted by atomic mass is 19.1. The summed E-state index contributed by atoms with van der Waals surface area (Å²) >= 11 is 0. The number of amides is 1. The molecule has 7 heteroatoms. The van der Waals surface area contributed by atoms with Gasteiger partial charge in [-0.3, -0.25) is 9.48 Å². The van der Waals surface area contributed by atoms with E-state index in [2.05, 4.69) is 10.00 Å². The molecule has 1 aromatic heterocycles. The van der Waals surface area contributed by atoms with Crippen molar-refractivity contribution >= 4 is 5.91 Å². The molecule has 2 aliphatic rings. The van der Waals surface area contributed by atoms with Gasteiger partial charge in [0.25, 0.3) is 0 Å². The number of rotatable bonds is 7. The van der Waals surface area contributed by atoms with Gasteiger partial charge in [0.05, 0.1) is 12.5 Å². The summed E-state index contributed by atoms with van der Waals surface area (Å²) in [5.74, 6) is 0.509. The molecular formula is C22H29FN4O2. The fraction of sp³-hybridized carbons (Fsp3) is 0.545. The number of ether oxygens (including phenoxy) is 1. The van der Waals surface area contributed by atoms with Crippen LogP contribution in [0.4, 0.5) is 4.39 Å². The molecule has 156 valence electrons. The van der Waals surface area contributed by atoms with Crippen molar-refractivity contribution in [3.63, 3.8) is 0 Å². The maximum absolute atomic E-state index is 14.3. The Bertz CT molecular complexity index is 841. The first-order chi connectivity index (χ1) is 14.1. The fourth-order valence-corrected chi connectivity index (χ4v) is 4.72. The number of nitrogens with zero attached hydrogens (tertiary/aromatic N) is 4. The minimum Gasteiger partial charge on any atom is -0.497 e. The Kier molecular flexibility index (Phi) is 5.85. The lowest BCUT2D eigenvalue weighted by atomic mass is 9.78. The van der Waals surface area contributed by atoms with E-state index >= 15 is 0 Å². The van der Waals surface area contributed by atoms with Crippen LogP contribution in [0.5, 0.6) is 5.75 Å². The topological polar surface area (TPSA) is 50.6 Å². The Labute approximate surface area is 171 Å². The highest BCUT2D eigenvalue weighted by molar-refractivity contribution is 5.84. The normalized spacial score (nSPS) is 22.6. The van der Waals surface area contributed by atoms with E-state index in [0.717, 1.165) is 51.9 Å². The lowest BCUT2D eigenvalue weighted by Crippen LogP contribution is -2.49. The van der Waals surface area contributed by atoms with Gasteiger partial charge < -0.3 is 14.5 Å². The van der Waals surface area contributed by atoms with E-state index in [1.54, 1.807) is 25.4 Å². The second-order valence-electron chi connectivity index (χ2n) is 8.22. The van der Waals surface area contributed by atoms with Crippen LogP contribution in [0.15, 0.2) is 36.7 Å². The molecule has 4 rings (SSSR count). The highest BCUT2D eigenvalue weighted by Crippen LogP contribution is 2.40. The van der Waals surface area contributed by atoms with E-state index < -0.39 is 0 Å². The third-order valence-electron chi connectivity index (χ3n) is 6.29. The molecule has 0 radical (unpaired) electrons. The molecule has 1 spiro atoms. The third kappa shape index (κ3) is 4.29. The molecule has 3 heterocycles. The van der Waals surface area contributed by atoms with Crippen LogP contribution >= 0.6 is 0 Å². The van der Waals surface area contributed by atoms with E-state index in [1.165, 1.54) is 6.07 Å². The molecule has 0 saturated carbocycles. The third-order valence-corrected chi connectivity index (χ3v) is 6.29. The average molecular weight is 400 g/mol. The van der Waals surface area contributed by atoms with Crippen molar-refractivity contribution in [2.45, 2.75) is 38.8 Å². The summed E-state index contributed by atoms with van der Waals surface area (Å²) in [6.45, 7) is 4.62. The van der Waals surface area contributed by atoms with Crippen LogP contribution in [0.25, 0.3) is 0 Å². The molecule has 1 atom stereocenters. The van der Waals surface area contributed by atoms with Gasteiger partial charge in [0.2, 0.25) is 5.91 Å². The van der Waals surface area contributed by atoms with E-state index in [9.17, 15) is 9.18 Å². The van der Waals surface area contributed by atoms with Crippen molar-refractivity contribution in [1.29, 1.82) is 0 Å². The second-order valence-corrected chi connectivity index (χ2v) is 8.22. The molecule has 6 nitrogen and oxygen atoms in total. The van der Waals surface area contributed by atoms with Gasteiger partial charge >= 0.3 is 0 Å². The van der Waals surface area contributed by atoms with Gasteiger partial charge in [-0.1, -0.05) is 0 Å². The Balaban J connectivity index is 1.37. The molecule has 2 aliphatic heterocycles. The van der Waals surface area contributed by atoms with E-state index in [0.29, 0.717) is 24.4 Å². The largest absolute Gasteiger partial charge is 0.497 e. The van der Waals surface area contributed by atoms with Crippen LogP contribution in [0.2, 0.25) is 0 Å². The second kappa shape index (κ2) is 8.53. The van der Waals surface area contributed by atoms with Crippen LogP contribution in [0.1, 0.15) is 31.2 Å². The van der Waals surface area contributed by atoms with E-state index in [1.807, 2.05) is 21.8 Å². The number of aryl methyl sites for hydroxylation is 1. The van der Waals surface area contributed by atoms with Crippen molar-refractivity contribution in [2.75, 3.05) is 33.3 Å². The molecule has 1 amide bonds. The van der Waals surface area contributed by atoms with Crippen molar-refractivity contribution in [2.24, 2.45) is 5.41 Å². The number of methoxy groups -OCH3 is 1. The first-order valence-corrected chi connectivity index (χ1v) is 10.4. The quantitative estimate of drug-likeness (QED) is 0.717. The number of carbonyl (C=O) groups is 1. The maximum Gasteiger partial charge on any atom is 0.230 e. The molecule has 1 aromatic carbocycles. The molecule has 2 aromatic rings. The molecule has 0 aliphatic carbocycles. The summed E-state index contributed by atoms with van der Waals surface area (Å²) in [5.41, 5.74) is 0.211. The zero-order valence-corrected chi connectivity index (χ0v) is 17.0. The number of piperidine rings is 1. The summed E-state index contributed by atoms with van der Waals surface area (Å²) in [5, 5.41) is 4.24. The van der Waals surface area contributed by atoms with Crippen LogP contribution < -0.4 is 4.74 Å². The van der Waals surface area contributed by atoms with E-state index in [-0.39, 0.29) is 17.1 Å². The number of carbonyl (C=O) groups excluding carboxylic acids is 1. The van der Waals surface area contributed by atoms with E-state index in [4.69, 9.17) is 4.74 Å². The zero-order chi connectivity index (χ0) is 20.3. The first-order valence-electron chi connectivity index (χ1n) is 10.4. The van der Waals surface area contributed by atoms with Gasteiger partial charge in [0.15, 0.2) is 0 Å². The standard InChI is InChI=1S/C22H29FN4O2/c1-29-19-5-6-20(23)18(15-19)16-26-11-2-7-22(21(26)28)8-14-25(17-22)10-4-13-27-12-3-9-24-27/h3,5-6,9,12,15H,2,4,7-8,10-11,13-14,16-17H2,1H3/t22-/m1/s1. The van der Waals surface area contributed by atoms with Gasteiger partial charge in [0, 0.05) is 44.1 Å². The number of halogens is 1. The summed E-state index contributed by atoms with van der Waals surface area (Å²) in [6, 6.07) is 6.65. The minimum atomic E-state index is -0.306. The smallest absolute Gasteiger partial charge is 0.230 e. The zero-order valence-electron chi connectivity index (χ0n) is 17.0. The molecule has 2 fully saturated rings. The number of aromatic nitrogens is 2. The van der Waals surface area contributed by atoms with Crippen molar-refractivity contribution in [1.82, 2.24) is 19.6 Å². The molecular weight excluding hydrogens is 371 g/mol. The summed E-state index contributed by atoms with van der Waals surface area (Å²) in [7, 11) is 1.57. The summed E-state index contributed by atoms with van der Waals surface area (Å²) in [6.07, 6.45) is 7.59. The lowest BCUT2D eigenvalue weighted by Gasteiger charge is -2.39. The van der Waals surface area contributed by atoms with Gasteiger partial charge in [0.1, 0.15) is 11.6 Å². The molecule has 2 saturated heterocycles. The van der Waals surface area contributed by atoms with Crippen LogP contribution in [-0.4, -0.2) is 58.8 Å². The summed E-state index contributed by atoms with van der Waals surface area (Å²) in [4.78, 5) is 17.6. The Morgan fingerprint density at radius 2 is 2.14 bits per heavy atom. The van der Waals surface area contributed by atoms with Crippen molar-refractivity contribution in [3.05, 3.63) is 48.0 Å². The number of hydrogen-bond acceptors (Lipinski definition) is 4. The monoisotopic (exact) mass is 400 g/mol. The van der Waals surface area contributed by atoms with Crippen molar-refractivity contribution < 1.29 is 13.9 Å². The van der Waals surface area contributed by atoms with Crippen LogP contribution in [-0.2, 0) is 17.9 Å². The SMILES string of the molecule is COc1ccc(F)c(CN2CCC[C@]3(CCN(CCCn4cccn4)C3)C2=O)c1. The van der Waals surface area contributed by atoms with Crippen LogP contribution in [0, 0.1) is 11.2 Å². The summed E-state index contributed by atoms with van der Waals surface area (Å²) < 4.78 is 21.4. The predicted octanol–water partition coefficient (Wildman–Crippen LogP) is 2.94. The average Bonchev–Trinajstić information content (AvgIpc) is 3.38. The lowest BCUT2D eigenvalue weighted by molar-refractivity contribution is -0.146. The number of benzene rings is 1. The maximum atomic E-state index is 14.3. The minimum absolute atomic E-state index is 0.181. The Hall–Kier alpha value is -2.41. The number of likely N-dealkylation sites (tertiary alicyclic amines) is 2. The predicted molar refractivity (Wildman–Crippen MR) is 108 cm³/mol.